The predicted octanol–water partition coefficient (Wildman–Crippen LogP) is 9.10. The molecule has 5 heterocycles. The maximum absolute atomic E-state index is 5.28. The zero-order valence-corrected chi connectivity index (χ0v) is 28.7. The lowest BCUT2D eigenvalue weighted by atomic mass is 9.88. The molecule has 10 aromatic rings. The summed E-state index contributed by atoms with van der Waals surface area (Å²) in [5.74, 6) is 1.72. The van der Waals surface area contributed by atoms with E-state index in [1.807, 2.05) is 13.2 Å². The second kappa shape index (κ2) is 10.2. The third kappa shape index (κ3) is 4.00. The fourth-order valence-electron chi connectivity index (χ4n) is 7.75. The third-order valence-electron chi connectivity index (χ3n) is 10.2. The summed E-state index contributed by atoms with van der Waals surface area (Å²) in [6.45, 7) is 8.86. The first-order valence-electron chi connectivity index (χ1n) is 17.1. The standard InChI is InChI=1S/C43H35N7/c1-27-12-10-19-36-41(27)45-42-49(36)38-24-32-31-15-6-7-16-33(31)48(37(32)25-39(38)50(42)40-22-28(20-21-44-40)43(2,3)4)30-14-11-13-29(23-30)47-26-46(5)34-17-8-9-18-35(34)47/h6-25H,1-5H3. The highest BCUT2D eigenvalue weighted by molar-refractivity contribution is 6.14. The van der Waals surface area contributed by atoms with E-state index in [0.717, 1.165) is 72.7 Å². The van der Waals surface area contributed by atoms with Crippen LogP contribution in [-0.2, 0) is 12.5 Å². The molecule has 5 aromatic heterocycles. The fraction of sp³-hybridized carbons (Fsp3) is 0.140. The van der Waals surface area contributed by atoms with E-state index in [1.165, 1.54) is 16.3 Å². The first-order chi connectivity index (χ1) is 24.3. The Morgan fingerprint density at radius 2 is 1.44 bits per heavy atom. The summed E-state index contributed by atoms with van der Waals surface area (Å²) < 4.78 is 11.1. The minimum Gasteiger partial charge on any atom is -0.319 e. The Hall–Kier alpha value is -6.21. The molecular weight excluding hydrogens is 615 g/mol. The van der Waals surface area contributed by atoms with Gasteiger partial charge < -0.3 is 13.7 Å². The maximum Gasteiger partial charge on any atom is 0.244 e. The molecule has 0 fully saturated rings. The maximum atomic E-state index is 5.28. The molecule has 0 aliphatic heterocycles. The van der Waals surface area contributed by atoms with Crippen LogP contribution in [0.4, 0.5) is 0 Å². The molecule has 242 valence electrons. The monoisotopic (exact) mass is 649 g/mol. The summed E-state index contributed by atoms with van der Waals surface area (Å²) in [6, 6.07) is 41.3. The van der Waals surface area contributed by atoms with Crippen molar-refractivity contribution in [1.29, 1.82) is 0 Å². The Bertz CT molecular complexity index is 3000. The molecule has 0 bridgehead atoms. The van der Waals surface area contributed by atoms with Gasteiger partial charge in [0.05, 0.1) is 56.9 Å². The van der Waals surface area contributed by atoms with Gasteiger partial charge in [0, 0.05) is 22.7 Å². The summed E-state index contributed by atoms with van der Waals surface area (Å²) in [4.78, 5) is 10.2. The molecule has 0 unspecified atom stereocenters. The van der Waals surface area contributed by atoms with Crippen LogP contribution in [0.1, 0.15) is 31.9 Å². The number of nitrogens with zero attached hydrogens (tertiary/aromatic N) is 7. The Kier molecular flexibility index (Phi) is 5.84. The Labute approximate surface area is 288 Å². The van der Waals surface area contributed by atoms with Crippen molar-refractivity contribution < 1.29 is 4.57 Å². The number of para-hydroxylation sites is 4. The molecule has 50 heavy (non-hydrogen) atoms. The minimum absolute atomic E-state index is 0.0299. The first-order valence-corrected chi connectivity index (χ1v) is 17.1. The molecular formula is C43H35N7. The van der Waals surface area contributed by atoms with Crippen LogP contribution >= 0.6 is 0 Å². The lowest BCUT2D eigenvalue weighted by Crippen LogP contribution is -2.29. The van der Waals surface area contributed by atoms with Crippen molar-refractivity contribution in [2.45, 2.75) is 33.1 Å². The first kappa shape index (κ1) is 28.8. The summed E-state index contributed by atoms with van der Waals surface area (Å²) >= 11 is 0. The number of benzene rings is 5. The molecule has 0 N–H and O–H groups in total. The molecule has 0 aliphatic rings. The average Bonchev–Trinajstić information content (AvgIpc) is 3.85. The van der Waals surface area contributed by atoms with Crippen molar-refractivity contribution in [1.82, 2.24) is 28.1 Å². The van der Waals surface area contributed by atoms with E-state index in [0.29, 0.717) is 0 Å². The van der Waals surface area contributed by atoms with Crippen LogP contribution < -0.4 is 4.57 Å². The van der Waals surface area contributed by atoms with Gasteiger partial charge in [0.15, 0.2) is 0 Å². The normalized spacial score (nSPS) is 12.5. The topological polar surface area (TPSA) is 48.9 Å². The van der Waals surface area contributed by atoms with E-state index < -0.39 is 0 Å². The number of aryl methyl sites for hydroxylation is 2. The average molecular weight is 650 g/mol. The number of aromatic nitrogens is 7. The van der Waals surface area contributed by atoms with Gasteiger partial charge in [0.2, 0.25) is 12.1 Å². The van der Waals surface area contributed by atoms with Crippen molar-refractivity contribution in [3.8, 4) is 17.2 Å². The van der Waals surface area contributed by atoms with Gasteiger partial charge >= 0.3 is 0 Å². The lowest BCUT2D eigenvalue weighted by molar-refractivity contribution is -0.572. The number of pyridine rings is 1. The molecule has 0 aliphatic carbocycles. The van der Waals surface area contributed by atoms with E-state index in [9.17, 15) is 0 Å². The Balaban J connectivity index is 1.31. The number of hydrogen-bond donors (Lipinski definition) is 0. The van der Waals surface area contributed by atoms with Crippen molar-refractivity contribution in [3.63, 3.8) is 0 Å². The molecule has 0 radical (unpaired) electrons. The van der Waals surface area contributed by atoms with Crippen LogP contribution in [0.25, 0.3) is 77.9 Å². The van der Waals surface area contributed by atoms with E-state index >= 15 is 0 Å². The molecule has 0 saturated carbocycles. The van der Waals surface area contributed by atoms with Crippen molar-refractivity contribution in [3.05, 3.63) is 139 Å². The second-order valence-electron chi connectivity index (χ2n) is 14.4. The van der Waals surface area contributed by atoms with Crippen LogP contribution in [0.15, 0.2) is 121 Å². The van der Waals surface area contributed by atoms with Gasteiger partial charge in [0.25, 0.3) is 0 Å². The molecule has 0 amide bonds. The largest absolute Gasteiger partial charge is 0.319 e. The van der Waals surface area contributed by atoms with E-state index in [4.69, 9.17) is 9.97 Å². The van der Waals surface area contributed by atoms with E-state index in [2.05, 4.69) is 172 Å². The van der Waals surface area contributed by atoms with Crippen LogP contribution in [0, 0.1) is 13.3 Å². The number of imidazole rings is 3. The van der Waals surface area contributed by atoms with Crippen molar-refractivity contribution >= 4 is 60.7 Å². The van der Waals surface area contributed by atoms with Crippen LogP contribution in [0.3, 0.4) is 0 Å². The predicted molar refractivity (Wildman–Crippen MR) is 202 cm³/mol. The minimum atomic E-state index is -0.0299. The molecule has 7 heteroatoms. The highest BCUT2D eigenvalue weighted by Crippen LogP contribution is 2.38. The zero-order valence-electron chi connectivity index (χ0n) is 28.7. The molecule has 0 saturated heterocycles. The highest BCUT2D eigenvalue weighted by Gasteiger charge is 2.23. The molecule has 5 aromatic carbocycles. The smallest absolute Gasteiger partial charge is 0.244 e. The van der Waals surface area contributed by atoms with Crippen LogP contribution in [0.2, 0.25) is 0 Å². The van der Waals surface area contributed by atoms with Gasteiger partial charge in [-0.05, 0) is 72.0 Å². The van der Waals surface area contributed by atoms with Gasteiger partial charge in [-0.15, -0.1) is 0 Å². The second-order valence-corrected chi connectivity index (χ2v) is 14.4. The van der Waals surface area contributed by atoms with Gasteiger partial charge in [-0.1, -0.05) is 87.5 Å². The quantitative estimate of drug-likeness (QED) is 0.142. The van der Waals surface area contributed by atoms with E-state index in [1.54, 1.807) is 0 Å². The number of hydrogen-bond acceptors (Lipinski definition) is 2. The van der Waals surface area contributed by atoms with Crippen molar-refractivity contribution in [2.75, 3.05) is 0 Å². The summed E-state index contributed by atoms with van der Waals surface area (Å²) in [5, 5.41) is 2.39. The summed E-state index contributed by atoms with van der Waals surface area (Å²) in [6.07, 6.45) is 5.44. The van der Waals surface area contributed by atoms with E-state index in [-0.39, 0.29) is 5.41 Å². The van der Waals surface area contributed by atoms with Gasteiger partial charge in [-0.2, -0.15) is 0 Å². The van der Waals surface area contributed by atoms with Gasteiger partial charge in [-0.3, -0.25) is 8.97 Å². The zero-order chi connectivity index (χ0) is 33.9. The van der Waals surface area contributed by atoms with Crippen LogP contribution in [-0.4, -0.2) is 28.1 Å². The third-order valence-corrected chi connectivity index (χ3v) is 10.2. The van der Waals surface area contributed by atoms with Crippen molar-refractivity contribution in [2.24, 2.45) is 7.05 Å². The fourth-order valence-corrected chi connectivity index (χ4v) is 7.75. The highest BCUT2D eigenvalue weighted by atomic mass is 15.2. The summed E-state index contributed by atoms with van der Waals surface area (Å²) in [7, 11) is 2.05. The molecule has 7 nitrogen and oxygen atoms in total. The van der Waals surface area contributed by atoms with Gasteiger partial charge in [-0.25, -0.2) is 9.97 Å². The molecule has 0 atom stereocenters. The van der Waals surface area contributed by atoms with Gasteiger partial charge in [0.1, 0.15) is 5.82 Å². The van der Waals surface area contributed by atoms with Crippen LogP contribution in [0.5, 0.6) is 0 Å². The number of fused-ring (bicyclic) bond motifs is 9. The number of rotatable bonds is 3. The molecule has 10 rings (SSSR count). The lowest BCUT2D eigenvalue weighted by Gasteiger charge is -2.19. The Morgan fingerprint density at radius 1 is 0.660 bits per heavy atom. The SMILES string of the molecule is Cc1cccc2c1nc1n(-c3cc(C(C)(C)C)ccn3)c3cc4c(cc3n21)c1ccccc1n4-c1cccc(-[n+]2[c-]n(C)c3ccccc32)c1. The Morgan fingerprint density at radius 3 is 2.30 bits per heavy atom. The molecule has 0 spiro atoms. The summed E-state index contributed by atoms with van der Waals surface area (Å²) in [5.41, 5.74) is 13.3.